The van der Waals surface area contributed by atoms with Gasteiger partial charge in [-0.2, -0.15) is 16.4 Å². The van der Waals surface area contributed by atoms with Gasteiger partial charge in [0.1, 0.15) is 0 Å². The molecule has 0 aliphatic heterocycles. The first-order chi connectivity index (χ1) is 10.0. The monoisotopic (exact) mass is 328 g/mol. The SMILES string of the molecule is CCCNCc1cn[nH]c1S(=O)(=O)NCc1cscc1C. The summed E-state index contributed by atoms with van der Waals surface area (Å²) in [4.78, 5) is 0. The summed E-state index contributed by atoms with van der Waals surface area (Å²) in [5.41, 5.74) is 2.74. The number of aryl methyl sites for hydroxylation is 1. The van der Waals surface area contributed by atoms with Crippen LogP contribution in [0.2, 0.25) is 0 Å². The molecule has 0 atom stereocenters. The molecule has 2 aromatic heterocycles. The third kappa shape index (κ3) is 4.13. The number of aromatic amines is 1. The first kappa shape index (κ1) is 16.2. The van der Waals surface area contributed by atoms with Crippen molar-refractivity contribution in [1.82, 2.24) is 20.2 Å². The Kier molecular flexibility index (Phi) is 5.51. The first-order valence-electron chi connectivity index (χ1n) is 6.79. The summed E-state index contributed by atoms with van der Waals surface area (Å²) in [6.07, 6.45) is 2.54. The average molecular weight is 328 g/mol. The maximum atomic E-state index is 12.3. The summed E-state index contributed by atoms with van der Waals surface area (Å²) in [7, 11) is -3.58. The van der Waals surface area contributed by atoms with Gasteiger partial charge in [0.2, 0.25) is 0 Å². The normalized spacial score (nSPS) is 11.9. The van der Waals surface area contributed by atoms with E-state index in [1.54, 1.807) is 17.5 Å². The van der Waals surface area contributed by atoms with Crippen LogP contribution in [0.25, 0.3) is 0 Å². The highest BCUT2D eigenvalue weighted by Crippen LogP contribution is 2.16. The van der Waals surface area contributed by atoms with Gasteiger partial charge in [0, 0.05) is 18.7 Å². The second-order valence-electron chi connectivity index (χ2n) is 4.81. The molecule has 0 aliphatic rings. The van der Waals surface area contributed by atoms with Crippen LogP contribution >= 0.6 is 11.3 Å². The Balaban J connectivity index is 2.05. The maximum Gasteiger partial charge on any atom is 0.258 e. The first-order valence-corrected chi connectivity index (χ1v) is 9.21. The van der Waals surface area contributed by atoms with Crippen LogP contribution in [0.15, 0.2) is 22.0 Å². The molecule has 0 unspecified atom stereocenters. The number of rotatable bonds is 8. The third-order valence-electron chi connectivity index (χ3n) is 3.10. The molecule has 3 N–H and O–H groups in total. The van der Waals surface area contributed by atoms with Gasteiger partial charge in [-0.15, -0.1) is 0 Å². The van der Waals surface area contributed by atoms with E-state index >= 15 is 0 Å². The van der Waals surface area contributed by atoms with Crippen molar-refractivity contribution in [3.63, 3.8) is 0 Å². The number of hydrogen-bond acceptors (Lipinski definition) is 5. The largest absolute Gasteiger partial charge is 0.313 e. The lowest BCUT2D eigenvalue weighted by Gasteiger charge is -2.07. The van der Waals surface area contributed by atoms with E-state index in [4.69, 9.17) is 0 Å². The van der Waals surface area contributed by atoms with Gasteiger partial charge in [-0.25, -0.2) is 13.1 Å². The van der Waals surface area contributed by atoms with Gasteiger partial charge in [-0.1, -0.05) is 6.92 Å². The highest BCUT2D eigenvalue weighted by atomic mass is 32.2. The van der Waals surface area contributed by atoms with Crippen molar-refractivity contribution < 1.29 is 8.42 Å². The Bertz CT molecular complexity index is 676. The number of H-pyrrole nitrogens is 1. The van der Waals surface area contributed by atoms with Crippen molar-refractivity contribution in [2.24, 2.45) is 0 Å². The van der Waals surface area contributed by atoms with E-state index < -0.39 is 10.0 Å². The minimum atomic E-state index is -3.58. The zero-order valence-electron chi connectivity index (χ0n) is 12.1. The van der Waals surface area contributed by atoms with E-state index in [0.717, 1.165) is 24.1 Å². The lowest BCUT2D eigenvalue weighted by atomic mass is 10.2. The Hall–Kier alpha value is -1.22. The Labute approximate surface area is 129 Å². The smallest absolute Gasteiger partial charge is 0.258 e. The van der Waals surface area contributed by atoms with Crippen LogP contribution in [-0.4, -0.2) is 25.2 Å². The average Bonchev–Trinajstić information content (AvgIpc) is 3.06. The van der Waals surface area contributed by atoms with Crippen molar-refractivity contribution >= 4 is 21.4 Å². The zero-order valence-corrected chi connectivity index (χ0v) is 13.8. The highest BCUT2D eigenvalue weighted by molar-refractivity contribution is 7.89. The van der Waals surface area contributed by atoms with E-state index in [-0.39, 0.29) is 5.03 Å². The molecular weight excluding hydrogens is 308 g/mol. The molecule has 116 valence electrons. The molecule has 0 aromatic carbocycles. The fourth-order valence-corrected chi connectivity index (χ4v) is 3.86. The van der Waals surface area contributed by atoms with Crippen LogP contribution in [0.3, 0.4) is 0 Å². The maximum absolute atomic E-state index is 12.3. The summed E-state index contributed by atoms with van der Waals surface area (Å²) in [5.74, 6) is 0. The minimum absolute atomic E-state index is 0.138. The van der Waals surface area contributed by atoms with Crippen LogP contribution in [0.5, 0.6) is 0 Å². The second-order valence-corrected chi connectivity index (χ2v) is 7.25. The van der Waals surface area contributed by atoms with Gasteiger partial charge in [0.15, 0.2) is 5.03 Å². The Morgan fingerprint density at radius 2 is 2.10 bits per heavy atom. The van der Waals surface area contributed by atoms with Gasteiger partial charge >= 0.3 is 0 Å². The zero-order chi connectivity index (χ0) is 15.3. The van der Waals surface area contributed by atoms with Crippen LogP contribution in [0.4, 0.5) is 0 Å². The highest BCUT2D eigenvalue weighted by Gasteiger charge is 2.20. The van der Waals surface area contributed by atoms with Crippen LogP contribution in [0.1, 0.15) is 30.0 Å². The quantitative estimate of drug-likeness (QED) is 0.644. The molecule has 0 radical (unpaired) electrons. The number of nitrogens with one attached hydrogen (secondary N) is 3. The van der Waals surface area contributed by atoms with Crippen LogP contribution in [-0.2, 0) is 23.1 Å². The summed E-state index contributed by atoms with van der Waals surface area (Å²) >= 11 is 1.57. The molecule has 6 nitrogen and oxygen atoms in total. The summed E-state index contributed by atoms with van der Waals surface area (Å²) < 4.78 is 27.3. The van der Waals surface area contributed by atoms with E-state index in [0.29, 0.717) is 18.7 Å². The topological polar surface area (TPSA) is 86.9 Å². The van der Waals surface area contributed by atoms with Crippen LogP contribution in [0, 0.1) is 6.92 Å². The summed E-state index contributed by atoms with van der Waals surface area (Å²) in [6, 6.07) is 0. The van der Waals surface area contributed by atoms with Gasteiger partial charge < -0.3 is 5.32 Å². The molecule has 0 spiro atoms. The second kappa shape index (κ2) is 7.17. The number of thiophene rings is 1. The number of nitrogens with zero attached hydrogens (tertiary/aromatic N) is 1. The van der Waals surface area contributed by atoms with Crippen molar-refractivity contribution in [3.8, 4) is 0 Å². The fourth-order valence-electron chi connectivity index (χ4n) is 1.87. The molecule has 21 heavy (non-hydrogen) atoms. The Morgan fingerprint density at radius 1 is 1.29 bits per heavy atom. The van der Waals surface area contributed by atoms with E-state index in [2.05, 4.69) is 27.2 Å². The molecule has 0 saturated carbocycles. The number of aromatic nitrogens is 2. The van der Waals surface area contributed by atoms with Crippen molar-refractivity contribution in [1.29, 1.82) is 0 Å². The number of sulfonamides is 1. The Morgan fingerprint density at radius 3 is 2.76 bits per heavy atom. The van der Waals surface area contributed by atoms with E-state index in [1.807, 2.05) is 17.7 Å². The van der Waals surface area contributed by atoms with Gasteiger partial charge in [-0.3, -0.25) is 5.10 Å². The molecule has 0 aliphatic carbocycles. The lowest BCUT2D eigenvalue weighted by molar-refractivity contribution is 0.573. The third-order valence-corrected chi connectivity index (χ3v) is 5.43. The summed E-state index contributed by atoms with van der Waals surface area (Å²) in [6.45, 7) is 5.64. The number of hydrogen-bond donors (Lipinski definition) is 3. The van der Waals surface area contributed by atoms with Crippen molar-refractivity contribution in [2.45, 2.75) is 38.4 Å². The summed E-state index contributed by atoms with van der Waals surface area (Å²) in [5, 5.41) is 13.7. The van der Waals surface area contributed by atoms with Gasteiger partial charge in [-0.05, 0) is 41.8 Å². The molecule has 2 rings (SSSR count). The van der Waals surface area contributed by atoms with E-state index in [9.17, 15) is 8.42 Å². The van der Waals surface area contributed by atoms with Crippen molar-refractivity contribution in [3.05, 3.63) is 33.6 Å². The molecular formula is C13H20N4O2S2. The molecule has 0 bridgehead atoms. The fraction of sp³-hybridized carbons (Fsp3) is 0.462. The van der Waals surface area contributed by atoms with Gasteiger partial charge in [0.05, 0.1) is 6.20 Å². The minimum Gasteiger partial charge on any atom is -0.313 e. The molecule has 2 aromatic rings. The molecule has 0 amide bonds. The van der Waals surface area contributed by atoms with Gasteiger partial charge in [0.25, 0.3) is 10.0 Å². The van der Waals surface area contributed by atoms with E-state index in [1.165, 1.54) is 0 Å². The van der Waals surface area contributed by atoms with Crippen LogP contribution < -0.4 is 10.0 Å². The molecule has 2 heterocycles. The lowest BCUT2D eigenvalue weighted by Crippen LogP contribution is -2.25. The molecule has 8 heteroatoms. The standard InChI is InChI=1S/C13H20N4O2S2/c1-3-4-14-5-11-6-15-17-13(11)21(18,19)16-7-12-9-20-8-10(12)2/h6,8-9,14,16H,3-5,7H2,1-2H3,(H,15,17). The predicted octanol–water partition coefficient (Wildman–Crippen LogP) is 1.76. The predicted molar refractivity (Wildman–Crippen MR) is 83.7 cm³/mol. The van der Waals surface area contributed by atoms with Crippen molar-refractivity contribution in [2.75, 3.05) is 6.54 Å². The molecule has 0 fully saturated rings. The molecule has 0 saturated heterocycles.